The molecule has 0 bridgehead atoms. The molecule has 0 spiro atoms. The van der Waals surface area contributed by atoms with Crippen LogP contribution in [-0.2, 0) is 6.54 Å². The van der Waals surface area contributed by atoms with Crippen LogP contribution in [0, 0.1) is 5.82 Å². The number of imidazole rings is 1. The van der Waals surface area contributed by atoms with Crippen LogP contribution in [0.4, 0.5) is 4.39 Å². The molecule has 0 saturated heterocycles. The number of benzene rings is 1. The Morgan fingerprint density at radius 2 is 1.71 bits per heavy atom. The number of nitrogens with zero attached hydrogens (tertiary/aromatic N) is 4. The van der Waals surface area contributed by atoms with Gasteiger partial charge < -0.3 is 15.6 Å². The fraction of sp³-hybridized carbons (Fsp3) is 0.280. The maximum absolute atomic E-state index is 13.5. The molecule has 0 fully saturated rings. The molecule has 4 N–H and O–H groups in total. The summed E-state index contributed by atoms with van der Waals surface area (Å²) in [6.07, 6.45) is 5.46. The summed E-state index contributed by atoms with van der Waals surface area (Å²) in [6.45, 7) is 10.1. The van der Waals surface area contributed by atoms with E-state index in [1.54, 1.807) is 12.3 Å². The number of hydrogen-bond acceptors (Lipinski definition) is 6. The van der Waals surface area contributed by atoms with Crippen molar-refractivity contribution in [1.82, 2.24) is 40.8 Å². The SMILES string of the molecule is CCNCC.CCNCc1cncc(-c2cnc3n[nH]c(-c4nc5ccc(F)cc5[nH]4)c3c2)c1. The minimum atomic E-state index is -0.309. The highest BCUT2D eigenvalue weighted by molar-refractivity contribution is 5.93. The van der Waals surface area contributed by atoms with Gasteiger partial charge in [-0.1, -0.05) is 20.8 Å². The summed E-state index contributed by atoms with van der Waals surface area (Å²) in [4.78, 5) is 16.5. The molecule has 0 radical (unpaired) electrons. The summed E-state index contributed by atoms with van der Waals surface area (Å²) in [7, 11) is 0. The van der Waals surface area contributed by atoms with Crippen molar-refractivity contribution in [2.75, 3.05) is 19.6 Å². The summed E-state index contributed by atoms with van der Waals surface area (Å²) in [5.74, 6) is 0.280. The van der Waals surface area contributed by atoms with Gasteiger partial charge in [0.2, 0.25) is 0 Å². The van der Waals surface area contributed by atoms with Crippen LogP contribution in [0.1, 0.15) is 26.3 Å². The molecule has 5 aromatic rings. The number of rotatable bonds is 7. The Bertz CT molecular complexity index is 1370. The molecule has 8 nitrogen and oxygen atoms in total. The van der Waals surface area contributed by atoms with Crippen molar-refractivity contribution < 1.29 is 4.39 Å². The van der Waals surface area contributed by atoms with Gasteiger partial charge in [-0.05, 0) is 55.5 Å². The van der Waals surface area contributed by atoms with Crippen LogP contribution in [-0.4, -0.2) is 49.8 Å². The Morgan fingerprint density at radius 3 is 2.47 bits per heavy atom. The molecule has 0 aliphatic heterocycles. The normalized spacial score (nSPS) is 11.1. The number of nitrogens with one attached hydrogen (secondary N) is 4. The molecule has 0 amide bonds. The minimum Gasteiger partial charge on any atom is -0.337 e. The zero-order chi connectivity index (χ0) is 23.9. The summed E-state index contributed by atoms with van der Waals surface area (Å²) in [5, 5.41) is 14.5. The molecule has 4 aromatic heterocycles. The fourth-order valence-corrected chi connectivity index (χ4v) is 3.60. The number of aromatic nitrogens is 6. The van der Waals surface area contributed by atoms with E-state index in [0.717, 1.165) is 48.3 Å². The zero-order valence-corrected chi connectivity index (χ0v) is 19.6. The lowest BCUT2D eigenvalue weighted by Gasteiger charge is -2.05. The van der Waals surface area contributed by atoms with E-state index in [9.17, 15) is 4.39 Å². The average molecular weight is 461 g/mol. The van der Waals surface area contributed by atoms with Crippen molar-refractivity contribution >= 4 is 22.1 Å². The maximum Gasteiger partial charge on any atom is 0.181 e. The Kier molecular flexibility index (Phi) is 7.56. The monoisotopic (exact) mass is 460 g/mol. The lowest BCUT2D eigenvalue weighted by Crippen LogP contribution is -2.11. The molecular formula is C25H29FN8. The van der Waals surface area contributed by atoms with Crippen LogP contribution < -0.4 is 10.6 Å². The van der Waals surface area contributed by atoms with E-state index >= 15 is 0 Å². The molecule has 5 rings (SSSR count). The van der Waals surface area contributed by atoms with Crippen LogP contribution in [0.25, 0.3) is 44.7 Å². The van der Waals surface area contributed by atoms with Crippen LogP contribution >= 0.6 is 0 Å². The first-order valence-electron chi connectivity index (χ1n) is 11.5. The second kappa shape index (κ2) is 11.0. The number of pyridine rings is 2. The fourth-order valence-electron chi connectivity index (χ4n) is 3.60. The van der Waals surface area contributed by atoms with Crippen LogP contribution in [0.15, 0.2) is 48.9 Å². The number of fused-ring (bicyclic) bond motifs is 2. The predicted molar refractivity (Wildman–Crippen MR) is 134 cm³/mol. The van der Waals surface area contributed by atoms with E-state index in [-0.39, 0.29) is 5.82 Å². The molecule has 0 atom stereocenters. The van der Waals surface area contributed by atoms with Crippen molar-refractivity contribution in [1.29, 1.82) is 0 Å². The summed E-state index contributed by atoms with van der Waals surface area (Å²) in [5.41, 5.74) is 5.65. The Morgan fingerprint density at radius 1 is 0.912 bits per heavy atom. The highest BCUT2D eigenvalue weighted by Crippen LogP contribution is 2.29. The highest BCUT2D eigenvalue weighted by Gasteiger charge is 2.14. The van der Waals surface area contributed by atoms with Crippen molar-refractivity contribution in [3.05, 3.63) is 60.3 Å². The Labute approximate surface area is 197 Å². The van der Waals surface area contributed by atoms with Crippen LogP contribution in [0.3, 0.4) is 0 Å². The van der Waals surface area contributed by atoms with E-state index in [0.29, 0.717) is 28.2 Å². The lowest BCUT2D eigenvalue weighted by molar-refractivity contribution is 0.629. The third-order valence-corrected chi connectivity index (χ3v) is 5.30. The van der Waals surface area contributed by atoms with Gasteiger partial charge in [0.05, 0.1) is 16.4 Å². The van der Waals surface area contributed by atoms with Crippen molar-refractivity contribution in [2.45, 2.75) is 27.3 Å². The molecule has 0 unspecified atom stereocenters. The molecule has 1 aromatic carbocycles. The van der Waals surface area contributed by atoms with E-state index < -0.39 is 0 Å². The smallest absolute Gasteiger partial charge is 0.181 e. The molecule has 0 aliphatic carbocycles. The van der Waals surface area contributed by atoms with E-state index in [1.807, 2.05) is 18.5 Å². The number of aromatic amines is 2. The number of halogens is 1. The minimum absolute atomic E-state index is 0.309. The summed E-state index contributed by atoms with van der Waals surface area (Å²) in [6, 6.07) is 8.58. The largest absolute Gasteiger partial charge is 0.337 e. The first-order valence-corrected chi connectivity index (χ1v) is 11.5. The van der Waals surface area contributed by atoms with Crippen LogP contribution in [0.5, 0.6) is 0 Å². The summed E-state index contributed by atoms with van der Waals surface area (Å²) >= 11 is 0. The van der Waals surface area contributed by atoms with Gasteiger partial charge in [0.25, 0.3) is 0 Å². The van der Waals surface area contributed by atoms with Crippen molar-refractivity contribution in [3.63, 3.8) is 0 Å². The third kappa shape index (κ3) is 5.27. The first-order chi connectivity index (χ1) is 16.6. The average Bonchev–Trinajstić information content (AvgIpc) is 3.47. The zero-order valence-electron chi connectivity index (χ0n) is 19.6. The predicted octanol–water partition coefficient (Wildman–Crippen LogP) is 4.43. The summed E-state index contributed by atoms with van der Waals surface area (Å²) < 4.78 is 13.5. The Balaban J connectivity index is 0.000000499. The number of hydrogen-bond donors (Lipinski definition) is 4. The topological polar surface area (TPSA) is 107 Å². The molecule has 0 saturated carbocycles. The van der Waals surface area contributed by atoms with Crippen LogP contribution in [0.2, 0.25) is 0 Å². The van der Waals surface area contributed by atoms with Gasteiger partial charge in [-0.15, -0.1) is 0 Å². The third-order valence-electron chi connectivity index (χ3n) is 5.30. The van der Waals surface area contributed by atoms with E-state index in [4.69, 9.17) is 0 Å². The molecular weight excluding hydrogens is 431 g/mol. The highest BCUT2D eigenvalue weighted by atomic mass is 19.1. The van der Waals surface area contributed by atoms with Gasteiger partial charge in [0.15, 0.2) is 11.5 Å². The maximum atomic E-state index is 13.5. The van der Waals surface area contributed by atoms with Gasteiger partial charge in [-0.25, -0.2) is 14.4 Å². The Hall–Kier alpha value is -3.69. The molecule has 34 heavy (non-hydrogen) atoms. The molecule has 0 aliphatic rings. The van der Waals surface area contributed by atoms with Gasteiger partial charge in [-0.2, -0.15) is 5.10 Å². The molecule has 9 heteroatoms. The van der Waals surface area contributed by atoms with Gasteiger partial charge in [0.1, 0.15) is 11.5 Å². The second-order valence-electron chi connectivity index (χ2n) is 7.76. The standard InChI is InChI=1S/C21H18FN7.C4H11N/c1-2-23-8-12-5-13(10-24-9-12)14-6-16-19(28-29-20(16)25-11-14)21-26-17-4-3-15(22)7-18(17)27-21;1-3-5-4-2/h3-7,9-11,23H,2,8H2,1H3,(H,26,27)(H,25,28,29);5H,3-4H2,1-2H3. The van der Waals surface area contributed by atoms with Crippen molar-refractivity contribution in [2.24, 2.45) is 0 Å². The lowest BCUT2D eigenvalue weighted by atomic mass is 10.1. The second-order valence-corrected chi connectivity index (χ2v) is 7.76. The van der Waals surface area contributed by atoms with E-state index in [1.165, 1.54) is 12.1 Å². The van der Waals surface area contributed by atoms with Gasteiger partial charge in [0, 0.05) is 36.3 Å². The molecule has 176 valence electrons. The van der Waals surface area contributed by atoms with Gasteiger partial charge in [-0.3, -0.25) is 10.1 Å². The first kappa shape index (κ1) is 23.5. The molecule has 4 heterocycles. The number of H-pyrrole nitrogens is 2. The quantitative estimate of drug-likeness (QED) is 0.286. The van der Waals surface area contributed by atoms with Crippen molar-refractivity contribution in [3.8, 4) is 22.6 Å². The van der Waals surface area contributed by atoms with Gasteiger partial charge >= 0.3 is 0 Å². The van der Waals surface area contributed by atoms with E-state index in [2.05, 4.69) is 67.6 Å².